The molecule has 0 aromatic heterocycles. The number of carboxylic acid groups (broad SMARTS) is 1. The van der Waals surface area contributed by atoms with Crippen molar-refractivity contribution in [2.75, 3.05) is 5.75 Å². The lowest BCUT2D eigenvalue weighted by atomic mass is 9.90. The van der Waals surface area contributed by atoms with E-state index < -0.39 is 11.3 Å². The van der Waals surface area contributed by atoms with E-state index in [9.17, 15) is 14.7 Å². The van der Waals surface area contributed by atoms with Crippen molar-refractivity contribution in [2.45, 2.75) is 43.9 Å². The van der Waals surface area contributed by atoms with E-state index in [1.807, 2.05) is 0 Å². The van der Waals surface area contributed by atoms with E-state index in [1.165, 1.54) is 18.2 Å². The summed E-state index contributed by atoms with van der Waals surface area (Å²) in [6, 6.07) is 0. The molecule has 1 saturated carbocycles. The highest BCUT2D eigenvalue weighted by molar-refractivity contribution is 8.15. The second-order valence-electron chi connectivity index (χ2n) is 4.79. The molecule has 0 spiro atoms. The highest BCUT2D eigenvalue weighted by Gasteiger charge is 2.39. The van der Waals surface area contributed by atoms with Crippen LogP contribution in [0, 0.1) is 5.92 Å². The number of nitrogens with zero attached hydrogens (tertiary/aromatic N) is 2. The minimum Gasteiger partial charge on any atom is -0.479 e. The maximum Gasteiger partial charge on any atom is 0.339 e. The van der Waals surface area contributed by atoms with Crippen LogP contribution in [0.4, 0.5) is 0 Å². The second kappa shape index (κ2) is 6.65. The fraction of sp³-hybridized carbons (Fsp3) is 0.750. The molecule has 19 heavy (non-hydrogen) atoms. The summed E-state index contributed by atoms with van der Waals surface area (Å²) in [6.45, 7) is 0. The molecule has 0 aromatic carbocycles. The Labute approximate surface area is 122 Å². The molecule has 0 aromatic rings. The maximum atomic E-state index is 11.9. The number of carbonyl (C=O) groups is 2. The Bertz CT molecular complexity index is 394. The molecule has 1 heterocycles. The lowest BCUT2D eigenvalue weighted by Crippen LogP contribution is -2.36. The van der Waals surface area contributed by atoms with Crippen LogP contribution in [-0.4, -0.2) is 38.2 Å². The number of amides is 1. The van der Waals surface area contributed by atoms with Gasteiger partial charge in [-0.3, -0.25) is 4.79 Å². The number of carbonyl (C=O) groups excluding carboxylic acids is 1. The molecule has 7 heteroatoms. The summed E-state index contributed by atoms with van der Waals surface area (Å²) in [5.41, 5.74) is 0. The number of rotatable bonds is 4. The minimum atomic E-state index is -1.01. The number of thiol groups is 1. The minimum absolute atomic E-state index is 0.217. The molecule has 1 unspecified atom stereocenters. The zero-order chi connectivity index (χ0) is 13.8. The molecule has 1 amide bonds. The first kappa shape index (κ1) is 14.7. The van der Waals surface area contributed by atoms with E-state index in [0.717, 1.165) is 35.7 Å². The van der Waals surface area contributed by atoms with Crippen LogP contribution in [0.3, 0.4) is 0 Å². The standard InChI is InChI=1S/C12H18N2O3S2/c15-9(6-7-18)14-11(12(16)17)19-10(13-14)8-4-2-1-3-5-8/h8,11,18H,1-7H2,(H,16,17). The van der Waals surface area contributed by atoms with Crippen LogP contribution in [0.2, 0.25) is 0 Å². The third-order valence-electron chi connectivity index (χ3n) is 3.41. The van der Waals surface area contributed by atoms with Gasteiger partial charge in [-0.2, -0.15) is 17.7 Å². The Hall–Kier alpha value is -0.690. The molecule has 5 nitrogen and oxygen atoms in total. The van der Waals surface area contributed by atoms with Crippen molar-refractivity contribution in [1.29, 1.82) is 0 Å². The highest BCUT2D eigenvalue weighted by Crippen LogP contribution is 2.36. The van der Waals surface area contributed by atoms with E-state index in [1.54, 1.807) is 0 Å². The van der Waals surface area contributed by atoms with Crippen LogP contribution >= 0.6 is 24.4 Å². The van der Waals surface area contributed by atoms with Gasteiger partial charge in [0.25, 0.3) is 0 Å². The van der Waals surface area contributed by atoms with Crippen LogP contribution in [0.5, 0.6) is 0 Å². The van der Waals surface area contributed by atoms with E-state index in [4.69, 9.17) is 0 Å². The van der Waals surface area contributed by atoms with Gasteiger partial charge in [0.1, 0.15) is 0 Å². The number of hydrazone groups is 1. The van der Waals surface area contributed by atoms with Gasteiger partial charge in [-0.05, 0) is 18.6 Å². The maximum absolute atomic E-state index is 11.9. The first-order chi connectivity index (χ1) is 9.13. The molecule has 1 fully saturated rings. The van der Waals surface area contributed by atoms with E-state index in [2.05, 4.69) is 17.7 Å². The van der Waals surface area contributed by atoms with Crippen molar-refractivity contribution in [1.82, 2.24) is 5.01 Å². The summed E-state index contributed by atoms with van der Waals surface area (Å²) in [6.07, 6.45) is 5.87. The van der Waals surface area contributed by atoms with Crippen molar-refractivity contribution in [3.63, 3.8) is 0 Å². The normalized spacial score (nSPS) is 24.4. The molecule has 2 aliphatic rings. The van der Waals surface area contributed by atoms with Crippen molar-refractivity contribution in [3.05, 3.63) is 0 Å². The van der Waals surface area contributed by atoms with E-state index >= 15 is 0 Å². The Morgan fingerprint density at radius 1 is 1.37 bits per heavy atom. The molecule has 1 N–H and O–H groups in total. The molecule has 1 atom stereocenters. The van der Waals surface area contributed by atoms with Gasteiger partial charge in [0.05, 0.1) is 5.04 Å². The van der Waals surface area contributed by atoms with Crippen molar-refractivity contribution < 1.29 is 14.7 Å². The Balaban J connectivity index is 2.10. The fourth-order valence-electron chi connectivity index (χ4n) is 2.43. The lowest BCUT2D eigenvalue weighted by Gasteiger charge is -2.20. The molecular formula is C12H18N2O3S2. The van der Waals surface area contributed by atoms with Gasteiger partial charge in [-0.1, -0.05) is 31.0 Å². The number of aliphatic carboxylic acids is 1. The monoisotopic (exact) mass is 302 g/mol. The predicted octanol–water partition coefficient (Wildman–Crippen LogP) is 2.19. The largest absolute Gasteiger partial charge is 0.479 e. The summed E-state index contributed by atoms with van der Waals surface area (Å²) in [7, 11) is 0. The van der Waals surface area contributed by atoms with Crippen molar-refractivity contribution >= 4 is 41.3 Å². The van der Waals surface area contributed by atoms with Gasteiger partial charge in [0.2, 0.25) is 11.3 Å². The molecule has 106 valence electrons. The average Bonchev–Trinajstić information content (AvgIpc) is 2.85. The first-order valence-electron chi connectivity index (χ1n) is 6.54. The highest BCUT2D eigenvalue weighted by atomic mass is 32.2. The summed E-state index contributed by atoms with van der Waals surface area (Å²) >= 11 is 5.23. The SMILES string of the molecule is O=C(O)C1SC(C2CCCCC2)=NN1C(=O)CCS. The zero-order valence-electron chi connectivity index (χ0n) is 10.6. The van der Waals surface area contributed by atoms with Gasteiger partial charge in [-0.25, -0.2) is 9.80 Å². The van der Waals surface area contributed by atoms with Crippen LogP contribution in [0.25, 0.3) is 0 Å². The van der Waals surface area contributed by atoms with Gasteiger partial charge in [0.15, 0.2) is 0 Å². The average molecular weight is 302 g/mol. The Morgan fingerprint density at radius 3 is 2.63 bits per heavy atom. The third-order valence-corrected chi connectivity index (χ3v) is 4.91. The summed E-state index contributed by atoms with van der Waals surface area (Å²) in [4.78, 5) is 23.1. The van der Waals surface area contributed by atoms with Crippen LogP contribution in [-0.2, 0) is 9.59 Å². The van der Waals surface area contributed by atoms with Gasteiger partial charge < -0.3 is 5.11 Å². The summed E-state index contributed by atoms with van der Waals surface area (Å²) in [5, 5.41) is 14.5. The van der Waals surface area contributed by atoms with Crippen LogP contribution in [0.15, 0.2) is 5.10 Å². The number of hydrogen-bond donors (Lipinski definition) is 2. The van der Waals surface area contributed by atoms with Gasteiger partial charge >= 0.3 is 5.97 Å². The molecule has 0 radical (unpaired) electrons. The molecule has 2 rings (SSSR count). The summed E-state index contributed by atoms with van der Waals surface area (Å²) in [5.74, 6) is -0.539. The van der Waals surface area contributed by atoms with Gasteiger partial charge in [0, 0.05) is 12.3 Å². The fourth-order valence-corrected chi connectivity index (χ4v) is 3.77. The molecule has 1 aliphatic carbocycles. The van der Waals surface area contributed by atoms with Crippen LogP contribution < -0.4 is 0 Å². The van der Waals surface area contributed by atoms with Crippen LogP contribution in [0.1, 0.15) is 38.5 Å². The number of carboxylic acids is 1. The quantitative estimate of drug-likeness (QED) is 0.781. The Kier molecular flexibility index (Phi) is 5.15. The molecule has 0 saturated heterocycles. The topological polar surface area (TPSA) is 70.0 Å². The van der Waals surface area contributed by atoms with E-state index in [0.29, 0.717) is 11.7 Å². The number of hydrogen-bond acceptors (Lipinski definition) is 5. The third kappa shape index (κ3) is 3.45. The predicted molar refractivity (Wildman–Crippen MR) is 78.3 cm³/mol. The smallest absolute Gasteiger partial charge is 0.339 e. The molecular weight excluding hydrogens is 284 g/mol. The molecule has 1 aliphatic heterocycles. The first-order valence-corrected chi connectivity index (χ1v) is 8.05. The van der Waals surface area contributed by atoms with E-state index in [-0.39, 0.29) is 12.3 Å². The Morgan fingerprint density at radius 2 is 2.05 bits per heavy atom. The second-order valence-corrected chi connectivity index (χ2v) is 6.34. The number of thioether (sulfide) groups is 1. The van der Waals surface area contributed by atoms with Crippen molar-refractivity contribution in [3.8, 4) is 0 Å². The van der Waals surface area contributed by atoms with Gasteiger partial charge in [-0.15, -0.1) is 0 Å². The molecule has 0 bridgehead atoms. The van der Waals surface area contributed by atoms with Crippen molar-refractivity contribution in [2.24, 2.45) is 11.0 Å². The summed E-state index contributed by atoms with van der Waals surface area (Å²) < 4.78 is 0. The zero-order valence-corrected chi connectivity index (χ0v) is 12.3. The lowest BCUT2D eigenvalue weighted by molar-refractivity contribution is -0.145.